The summed E-state index contributed by atoms with van der Waals surface area (Å²) in [4.78, 5) is 16.6. The van der Waals surface area contributed by atoms with Gasteiger partial charge in [-0.05, 0) is 72.3 Å². The molecule has 0 fully saturated rings. The highest BCUT2D eigenvalue weighted by Gasteiger charge is 2.30. The van der Waals surface area contributed by atoms with Gasteiger partial charge in [0.15, 0.2) is 6.04 Å². The lowest BCUT2D eigenvalue weighted by molar-refractivity contribution is -0.138. The molecule has 0 spiro atoms. The predicted molar refractivity (Wildman–Crippen MR) is 112 cm³/mol. The molecule has 2 aromatic rings. The van der Waals surface area contributed by atoms with Crippen LogP contribution in [0.3, 0.4) is 0 Å². The van der Waals surface area contributed by atoms with Gasteiger partial charge in [-0.25, -0.2) is 4.79 Å². The third-order valence-corrected chi connectivity index (χ3v) is 5.82. The Morgan fingerprint density at radius 1 is 1.37 bits per heavy atom. The first kappa shape index (κ1) is 19.9. The van der Waals surface area contributed by atoms with Crippen molar-refractivity contribution in [2.24, 2.45) is 4.99 Å². The van der Waals surface area contributed by atoms with Crippen LogP contribution < -0.4 is 5.32 Å². The van der Waals surface area contributed by atoms with Gasteiger partial charge in [-0.2, -0.15) is 11.3 Å². The Labute approximate surface area is 169 Å². The first-order chi connectivity index (χ1) is 12.8. The molecule has 1 atom stereocenters. The van der Waals surface area contributed by atoms with Crippen molar-refractivity contribution in [1.82, 2.24) is 5.32 Å². The number of amidine groups is 1. The number of nitrogens with one attached hydrogen (secondary N) is 1. The number of hydrogen-bond donors (Lipinski definition) is 2. The lowest BCUT2D eigenvalue weighted by Crippen LogP contribution is -2.50. The highest BCUT2D eigenvalue weighted by Crippen LogP contribution is 2.27. The molecular formula is C21H25ClN2O2S. The molecule has 0 aliphatic carbocycles. The number of carbonyl (C=O) groups is 1. The number of benzene rings is 1. The van der Waals surface area contributed by atoms with Crippen molar-refractivity contribution in [2.75, 3.05) is 0 Å². The minimum Gasteiger partial charge on any atom is -0.480 e. The summed E-state index contributed by atoms with van der Waals surface area (Å²) in [5.41, 5.74) is 4.14. The first-order valence-corrected chi connectivity index (χ1v) is 10.5. The van der Waals surface area contributed by atoms with Crippen LogP contribution in [0, 0.1) is 0 Å². The fourth-order valence-corrected chi connectivity index (χ4v) is 4.63. The Hall–Kier alpha value is -1.85. The summed E-state index contributed by atoms with van der Waals surface area (Å²) < 4.78 is 0. The second kappa shape index (κ2) is 8.03. The van der Waals surface area contributed by atoms with E-state index in [0.717, 1.165) is 36.0 Å². The number of thiophene rings is 1. The van der Waals surface area contributed by atoms with Gasteiger partial charge in [0.05, 0.1) is 0 Å². The van der Waals surface area contributed by atoms with Crippen molar-refractivity contribution in [3.05, 3.63) is 56.2 Å². The van der Waals surface area contributed by atoms with Crippen LogP contribution in [0.1, 0.15) is 49.4 Å². The number of aryl methyl sites for hydroxylation is 1. The largest absolute Gasteiger partial charge is 0.480 e. The summed E-state index contributed by atoms with van der Waals surface area (Å²) in [5.74, 6) is -0.269. The van der Waals surface area contributed by atoms with Crippen LogP contribution in [0.5, 0.6) is 0 Å². The van der Waals surface area contributed by atoms with E-state index < -0.39 is 12.0 Å². The van der Waals surface area contributed by atoms with E-state index in [4.69, 9.17) is 11.6 Å². The summed E-state index contributed by atoms with van der Waals surface area (Å²) >= 11 is 7.79. The van der Waals surface area contributed by atoms with Crippen molar-refractivity contribution >= 4 is 34.7 Å². The minimum absolute atomic E-state index is 0.213. The van der Waals surface area contributed by atoms with Crippen LogP contribution in [0.4, 0.5) is 0 Å². The van der Waals surface area contributed by atoms with Crippen molar-refractivity contribution in [2.45, 2.75) is 58.0 Å². The summed E-state index contributed by atoms with van der Waals surface area (Å²) in [6.45, 7) is 6.30. The number of rotatable bonds is 6. The molecule has 0 radical (unpaired) electrons. The average molecular weight is 405 g/mol. The summed E-state index contributed by atoms with van der Waals surface area (Å²) in [7, 11) is 0. The molecule has 27 heavy (non-hydrogen) atoms. The number of carboxylic acid groups (broad SMARTS) is 1. The van der Waals surface area contributed by atoms with Crippen molar-refractivity contribution < 1.29 is 9.90 Å². The molecule has 1 aromatic carbocycles. The van der Waals surface area contributed by atoms with Gasteiger partial charge in [0.25, 0.3) is 0 Å². The van der Waals surface area contributed by atoms with Gasteiger partial charge in [0, 0.05) is 22.5 Å². The summed E-state index contributed by atoms with van der Waals surface area (Å²) in [5, 5.41) is 18.1. The molecule has 0 saturated heterocycles. The zero-order valence-corrected chi connectivity index (χ0v) is 17.5. The van der Waals surface area contributed by atoms with Gasteiger partial charge in [0.2, 0.25) is 0 Å². The Morgan fingerprint density at radius 2 is 2.11 bits per heavy atom. The molecule has 0 amide bonds. The van der Waals surface area contributed by atoms with Crippen LogP contribution in [-0.2, 0) is 24.1 Å². The summed E-state index contributed by atoms with van der Waals surface area (Å²) in [6, 6.07) is 4.87. The Kier molecular flexibility index (Phi) is 5.92. The molecule has 0 saturated carbocycles. The highest BCUT2D eigenvalue weighted by molar-refractivity contribution is 7.08. The quantitative estimate of drug-likeness (QED) is 0.732. The van der Waals surface area contributed by atoms with Gasteiger partial charge in [0.1, 0.15) is 5.84 Å². The van der Waals surface area contributed by atoms with Crippen LogP contribution in [0.2, 0.25) is 5.02 Å². The minimum atomic E-state index is -0.906. The van der Waals surface area contributed by atoms with Crippen molar-refractivity contribution in [1.29, 1.82) is 0 Å². The lowest BCUT2D eigenvalue weighted by Gasteiger charge is -2.35. The van der Waals surface area contributed by atoms with E-state index in [1.165, 1.54) is 5.56 Å². The molecule has 3 rings (SSSR count). The molecule has 2 N–H and O–H groups in total. The molecule has 4 nitrogen and oxygen atoms in total. The highest BCUT2D eigenvalue weighted by atomic mass is 35.5. The SMILES string of the molecule is CCCc1cscc1CC(N=C1NC(C)(C)Cc2cc(Cl)ccc21)C(=O)O. The average Bonchev–Trinajstić information content (AvgIpc) is 3.00. The van der Waals surface area contributed by atoms with E-state index in [1.54, 1.807) is 11.3 Å². The van der Waals surface area contributed by atoms with Gasteiger partial charge in [-0.1, -0.05) is 24.9 Å². The molecular weight excluding hydrogens is 380 g/mol. The zero-order chi connectivity index (χ0) is 19.6. The number of hydrogen-bond acceptors (Lipinski definition) is 3. The fraction of sp³-hybridized carbons (Fsp3) is 0.429. The van der Waals surface area contributed by atoms with E-state index in [0.29, 0.717) is 17.3 Å². The van der Waals surface area contributed by atoms with E-state index in [9.17, 15) is 9.90 Å². The number of aliphatic carboxylic acids is 1. The number of carboxylic acids is 1. The van der Waals surface area contributed by atoms with E-state index in [1.807, 2.05) is 23.6 Å². The third-order valence-electron chi connectivity index (χ3n) is 4.75. The number of nitrogens with zero attached hydrogens (tertiary/aromatic N) is 1. The van der Waals surface area contributed by atoms with Gasteiger partial charge in [-0.15, -0.1) is 0 Å². The molecule has 1 unspecified atom stereocenters. The number of fused-ring (bicyclic) bond motifs is 1. The molecule has 0 bridgehead atoms. The molecule has 1 aromatic heterocycles. The number of aliphatic imine (C=N–C) groups is 1. The van der Waals surface area contributed by atoms with E-state index >= 15 is 0 Å². The predicted octanol–water partition coefficient (Wildman–Crippen LogP) is 4.72. The fourth-order valence-electron chi connectivity index (χ4n) is 3.52. The van der Waals surface area contributed by atoms with E-state index in [-0.39, 0.29) is 5.54 Å². The van der Waals surface area contributed by atoms with Crippen molar-refractivity contribution in [3.63, 3.8) is 0 Å². The standard InChI is InChI=1S/C21H25ClN2O2S/c1-4-5-13-11-27-12-15(13)9-18(20(25)26)23-19-17-7-6-16(22)8-14(17)10-21(2,3)24-19/h6-8,11-12,18H,4-5,9-10H2,1-3H3,(H,23,24)(H,25,26). The van der Waals surface area contributed by atoms with Gasteiger partial charge < -0.3 is 10.4 Å². The third kappa shape index (κ3) is 4.71. The molecule has 6 heteroatoms. The van der Waals surface area contributed by atoms with Gasteiger partial charge >= 0.3 is 5.97 Å². The first-order valence-electron chi connectivity index (χ1n) is 9.20. The maximum atomic E-state index is 11.9. The molecule has 144 valence electrons. The van der Waals surface area contributed by atoms with Crippen LogP contribution >= 0.6 is 22.9 Å². The van der Waals surface area contributed by atoms with E-state index in [2.05, 4.69) is 36.5 Å². The zero-order valence-electron chi connectivity index (χ0n) is 15.9. The van der Waals surface area contributed by atoms with Crippen LogP contribution in [0.25, 0.3) is 0 Å². The maximum Gasteiger partial charge on any atom is 0.328 e. The lowest BCUT2D eigenvalue weighted by atomic mass is 9.87. The molecule has 1 aliphatic rings. The van der Waals surface area contributed by atoms with Crippen LogP contribution in [0.15, 0.2) is 34.0 Å². The summed E-state index contributed by atoms with van der Waals surface area (Å²) in [6.07, 6.45) is 3.22. The number of halogens is 1. The second-order valence-electron chi connectivity index (χ2n) is 7.70. The maximum absolute atomic E-state index is 11.9. The Bertz CT molecular complexity index is 873. The van der Waals surface area contributed by atoms with Crippen molar-refractivity contribution in [3.8, 4) is 0 Å². The Balaban J connectivity index is 1.96. The smallest absolute Gasteiger partial charge is 0.328 e. The second-order valence-corrected chi connectivity index (χ2v) is 8.88. The topological polar surface area (TPSA) is 61.7 Å². The molecule has 1 aliphatic heterocycles. The normalized spacial score (nSPS) is 18.0. The monoisotopic (exact) mass is 404 g/mol. The molecule has 2 heterocycles. The van der Waals surface area contributed by atoms with Gasteiger partial charge in [-0.3, -0.25) is 4.99 Å². The Morgan fingerprint density at radius 3 is 2.81 bits per heavy atom. The van der Waals surface area contributed by atoms with Crippen LogP contribution in [-0.4, -0.2) is 28.5 Å².